The van der Waals surface area contributed by atoms with Crippen LogP contribution in [0.1, 0.15) is 52.7 Å². The predicted octanol–water partition coefficient (Wildman–Crippen LogP) is 5.31. The summed E-state index contributed by atoms with van der Waals surface area (Å²) in [6.45, 7) is 10.7. The normalized spacial score (nSPS) is 11.8. The van der Waals surface area contributed by atoms with Crippen molar-refractivity contribution in [3.63, 3.8) is 0 Å². The summed E-state index contributed by atoms with van der Waals surface area (Å²) in [7, 11) is 1.72. The summed E-state index contributed by atoms with van der Waals surface area (Å²) >= 11 is 0. The Morgan fingerprint density at radius 1 is 0.878 bits per heavy atom. The second-order valence-corrected chi connectivity index (χ2v) is 12.8. The third kappa shape index (κ3) is 13.4. The van der Waals surface area contributed by atoms with Crippen LogP contribution in [0, 0.1) is 0 Å². The van der Waals surface area contributed by atoms with E-state index in [4.69, 9.17) is 14.2 Å². The van der Waals surface area contributed by atoms with Crippen LogP contribution in [0.3, 0.4) is 0 Å². The number of hydrogen-bond acceptors (Lipinski definition) is 8. The molecule has 0 aliphatic rings. The first-order valence-electron chi connectivity index (χ1n) is 16.0. The molecule has 0 spiro atoms. The van der Waals surface area contributed by atoms with Crippen molar-refractivity contribution < 1.29 is 33.4 Å². The summed E-state index contributed by atoms with van der Waals surface area (Å²) in [5, 5.41) is 14.3. The first kappa shape index (κ1) is 38.2. The van der Waals surface area contributed by atoms with Crippen molar-refractivity contribution >= 4 is 40.3 Å². The zero-order valence-corrected chi connectivity index (χ0v) is 29.2. The standard InChI is InChI=1S/C23H33N5O5.C14H14O2/c1-22(2,3)33-21(31)27-23(4,5)20(30)26-18(15-32-14-16-10-8-7-9-11-16)19(29)25-17-12-24-28(6)13-17;1-2-16-14(15)10-11-7-8-12-5-3-4-6-13(12)9-11/h7-13,18H,14-15H2,1-6H3,(H,25,29)(H,26,30)(H,27,31);3-9H,2,10H2,1H3. The van der Waals surface area contributed by atoms with Gasteiger partial charge in [-0.1, -0.05) is 72.8 Å². The molecule has 1 heterocycles. The molecule has 3 N–H and O–H groups in total. The number of carbonyl (C=O) groups excluding carboxylic acids is 4. The number of hydrogen-bond donors (Lipinski definition) is 3. The number of fused-ring (bicyclic) bond motifs is 1. The highest BCUT2D eigenvalue weighted by Gasteiger charge is 2.34. The quantitative estimate of drug-likeness (QED) is 0.171. The van der Waals surface area contributed by atoms with E-state index in [0.717, 1.165) is 16.5 Å². The first-order valence-corrected chi connectivity index (χ1v) is 16.0. The van der Waals surface area contributed by atoms with Crippen LogP contribution >= 0.6 is 0 Å². The fraction of sp³-hybridized carbons (Fsp3) is 0.378. The second-order valence-electron chi connectivity index (χ2n) is 12.8. The van der Waals surface area contributed by atoms with E-state index in [2.05, 4.69) is 27.1 Å². The summed E-state index contributed by atoms with van der Waals surface area (Å²) in [4.78, 5) is 49.3. The highest BCUT2D eigenvalue weighted by atomic mass is 16.6. The van der Waals surface area contributed by atoms with Gasteiger partial charge in [-0.25, -0.2) is 4.79 Å². The van der Waals surface area contributed by atoms with Crippen LogP contribution in [0.5, 0.6) is 0 Å². The van der Waals surface area contributed by atoms with Crippen LogP contribution < -0.4 is 16.0 Å². The molecule has 0 saturated heterocycles. The maximum atomic E-state index is 12.9. The Morgan fingerprint density at radius 2 is 1.55 bits per heavy atom. The number of alkyl carbamates (subject to hydrolysis) is 1. The van der Waals surface area contributed by atoms with Crippen molar-refractivity contribution in [1.29, 1.82) is 0 Å². The zero-order chi connectivity index (χ0) is 36.0. The van der Waals surface area contributed by atoms with Gasteiger partial charge in [0.1, 0.15) is 17.2 Å². The number of amides is 3. The molecule has 262 valence electrons. The van der Waals surface area contributed by atoms with E-state index in [1.807, 2.05) is 73.7 Å². The lowest BCUT2D eigenvalue weighted by atomic mass is 10.0. The molecule has 1 atom stereocenters. The molecule has 0 saturated carbocycles. The number of aromatic nitrogens is 2. The Hall–Kier alpha value is -5.23. The predicted molar refractivity (Wildman–Crippen MR) is 188 cm³/mol. The number of ether oxygens (including phenoxy) is 3. The van der Waals surface area contributed by atoms with E-state index in [0.29, 0.717) is 18.7 Å². The Balaban J connectivity index is 0.000000337. The summed E-state index contributed by atoms with van der Waals surface area (Å²) in [5.74, 6) is -1.21. The van der Waals surface area contributed by atoms with Gasteiger partial charge in [0.2, 0.25) is 11.8 Å². The van der Waals surface area contributed by atoms with E-state index in [1.54, 1.807) is 38.7 Å². The molecule has 49 heavy (non-hydrogen) atoms. The van der Waals surface area contributed by atoms with Gasteiger partial charge in [0.25, 0.3) is 0 Å². The largest absolute Gasteiger partial charge is 0.466 e. The summed E-state index contributed by atoms with van der Waals surface area (Å²) in [6, 6.07) is 22.6. The number of rotatable bonds is 12. The minimum Gasteiger partial charge on any atom is -0.466 e. The first-order chi connectivity index (χ1) is 23.1. The van der Waals surface area contributed by atoms with E-state index in [9.17, 15) is 19.2 Å². The number of esters is 1. The molecule has 12 nitrogen and oxygen atoms in total. The average molecular weight is 674 g/mol. The topological polar surface area (TPSA) is 150 Å². The smallest absolute Gasteiger partial charge is 0.408 e. The average Bonchev–Trinajstić information content (AvgIpc) is 3.44. The summed E-state index contributed by atoms with van der Waals surface area (Å²) in [5.41, 5.74) is 0.359. The molecular weight excluding hydrogens is 626 g/mol. The number of nitrogens with zero attached hydrogens (tertiary/aromatic N) is 2. The molecule has 0 bridgehead atoms. The minimum absolute atomic E-state index is 0.0742. The Bertz CT molecular complexity index is 1700. The fourth-order valence-corrected chi connectivity index (χ4v) is 4.45. The third-order valence-electron chi connectivity index (χ3n) is 6.84. The lowest BCUT2D eigenvalue weighted by Crippen LogP contribution is -2.59. The Kier molecular flexibility index (Phi) is 13.9. The van der Waals surface area contributed by atoms with Gasteiger partial charge in [-0.05, 0) is 63.4 Å². The molecule has 4 aromatic rings. The molecule has 4 rings (SSSR count). The van der Waals surface area contributed by atoms with Crippen LogP contribution in [-0.4, -0.2) is 64.1 Å². The highest BCUT2D eigenvalue weighted by molar-refractivity contribution is 5.99. The van der Waals surface area contributed by atoms with Crippen molar-refractivity contribution in [2.75, 3.05) is 18.5 Å². The van der Waals surface area contributed by atoms with Gasteiger partial charge in [0.15, 0.2) is 0 Å². The molecule has 3 amide bonds. The summed E-state index contributed by atoms with van der Waals surface area (Å²) in [6.07, 6.45) is 2.74. The second kappa shape index (κ2) is 17.8. The lowest BCUT2D eigenvalue weighted by molar-refractivity contribution is -0.142. The van der Waals surface area contributed by atoms with Gasteiger partial charge in [0, 0.05) is 13.2 Å². The molecule has 12 heteroatoms. The number of anilines is 1. The lowest BCUT2D eigenvalue weighted by Gasteiger charge is -2.29. The van der Waals surface area contributed by atoms with Crippen molar-refractivity contribution in [3.05, 3.63) is 96.3 Å². The van der Waals surface area contributed by atoms with Crippen molar-refractivity contribution in [3.8, 4) is 0 Å². The Labute approximate surface area is 287 Å². The SMILES string of the molecule is CCOC(=O)Cc1ccc2ccccc2c1.Cn1cc(NC(=O)C(COCc2ccccc2)NC(=O)C(C)(C)NC(=O)OC(C)(C)C)cn1. The van der Waals surface area contributed by atoms with Gasteiger partial charge in [-0.15, -0.1) is 0 Å². The van der Waals surface area contributed by atoms with E-state index >= 15 is 0 Å². The minimum atomic E-state index is -1.34. The maximum Gasteiger partial charge on any atom is 0.408 e. The van der Waals surface area contributed by atoms with Gasteiger partial charge in [-0.3, -0.25) is 19.1 Å². The van der Waals surface area contributed by atoms with Crippen LogP contribution in [-0.2, 0) is 48.7 Å². The maximum absolute atomic E-state index is 12.9. The number of carbonyl (C=O) groups is 4. The zero-order valence-electron chi connectivity index (χ0n) is 29.2. The van der Waals surface area contributed by atoms with Crippen molar-refractivity contribution in [2.24, 2.45) is 7.05 Å². The van der Waals surface area contributed by atoms with Gasteiger partial charge < -0.3 is 30.2 Å². The number of benzene rings is 3. The molecule has 0 aliphatic heterocycles. The van der Waals surface area contributed by atoms with Gasteiger partial charge in [0.05, 0.1) is 38.1 Å². The van der Waals surface area contributed by atoms with Crippen LogP contribution in [0.4, 0.5) is 10.5 Å². The van der Waals surface area contributed by atoms with E-state index < -0.39 is 35.1 Å². The van der Waals surface area contributed by atoms with Gasteiger partial charge >= 0.3 is 12.1 Å². The summed E-state index contributed by atoms with van der Waals surface area (Å²) < 4.78 is 17.4. The van der Waals surface area contributed by atoms with Crippen LogP contribution in [0.25, 0.3) is 10.8 Å². The van der Waals surface area contributed by atoms with Crippen molar-refractivity contribution in [2.45, 2.75) is 71.8 Å². The van der Waals surface area contributed by atoms with Gasteiger partial charge in [-0.2, -0.15) is 5.10 Å². The number of nitrogens with one attached hydrogen (secondary N) is 3. The molecule has 0 radical (unpaired) electrons. The molecule has 3 aromatic carbocycles. The van der Waals surface area contributed by atoms with Crippen molar-refractivity contribution in [1.82, 2.24) is 20.4 Å². The number of aryl methyl sites for hydroxylation is 1. The molecular formula is C37H47N5O7. The fourth-order valence-electron chi connectivity index (χ4n) is 4.45. The monoisotopic (exact) mass is 673 g/mol. The molecule has 0 aliphatic carbocycles. The van der Waals surface area contributed by atoms with Crippen LogP contribution in [0.15, 0.2) is 85.2 Å². The third-order valence-corrected chi connectivity index (χ3v) is 6.84. The van der Waals surface area contributed by atoms with Crippen LogP contribution in [0.2, 0.25) is 0 Å². The molecule has 0 fully saturated rings. The van der Waals surface area contributed by atoms with E-state index in [1.165, 1.54) is 25.4 Å². The highest BCUT2D eigenvalue weighted by Crippen LogP contribution is 2.16. The van der Waals surface area contributed by atoms with E-state index in [-0.39, 0.29) is 19.2 Å². The molecule has 1 aromatic heterocycles. The molecule has 1 unspecified atom stereocenters. The Morgan fingerprint density at radius 3 is 2.18 bits per heavy atom.